The van der Waals surface area contributed by atoms with Crippen LogP contribution in [0.5, 0.6) is 5.75 Å². The zero-order valence-corrected chi connectivity index (χ0v) is 12.8. The van der Waals surface area contributed by atoms with E-state index in [9.17, 15) is 0 Å². The Morgan fingerprint density at radius 1 is 1.33 bits per heavy atom. The van der Waals surface area contributed by atoms with Crippen LogP contribution in [0.2, 0.25) is 0 Å². The van der Waals surface area contributed by atoms with Gasteiger partial charge in [0.1, 0.15) is 11.4 Å². The number of hydrogen-bond donors (Lipinski definition) is 1. The summed E-state index contributed by atoms with van der Waals surface area (Å²) in [5.41, 5.74) is 7.17. The molecule has 1 spiro atoms. The summed E-state index contributed by atoms with van der Waals surface area (Å²) in [4.78, 5) is 6.96. The van der Waals surface area contributed by atoms with E-state index in [1.54, 1.807) is 0 Å². The molecule has 0 amide bonds. The van der Waals surface area contributed by atoms with E-state index in [-0.39, 0.29) is 11.1 Å². The van der Waals surface area contributed by atoms with Crippen LogP contribution in [-0.4, -0.2) is 29.6 Å². The SMILES string of the molecule is CC1(C)CC2(CN=C(N)N2CC2CC2)c2ccccc2O1. The van der Waals surface area contributed by atoms with Crippen LogP contribution in [0.3, 0.4) is 0 Å². The zero-order chi connectivity index (χ0) is 14.7. The van der Waals surface area contributed by atoms with E-state index in [2.05, 4.69) is 41.9 Å². The van der Waals surface area contributed by atoms with Gasteiger partial charge in [-0.15, -0.1) is 0 Å². The Balaban J connectivity index is 1.81. The largest absolute Gasteiger partial charge is 0.487 e. The van der Waals surface area contributed by atoms with Crippen LogP contribution in [0.25, 0.3) is 0 Å². The standard InChI is InChI=1S/C17H23N3O/c1-16(2)10-17(13-5-3-4-6-14(13)21-16)11-19-15(18)20(17)9-12-7-8-12/h3-6,12H,7-11H2,1-2H3,(H2,18,19). The topological polar surface area (TPSA) is 50.8 Å². The molecular formula is C17H23N3O. The van der Waals surface area contributed by atoms with Crippen molar-refractivity contribution in [2.75, 3.05) is 13.1 Å². The lowest BCUT2D eigenvalue weighted by molar-refractivity contribution is 0.00704. The molecule has 1 atom stereocenters. The van der Waals surface area contributed by atoms with Crippen LogP contribution < -0.4 is 10.5 Å². The number of nitrogens with two attached hydrogens (primary N) is 1. The molecule has 4 rings (SSSR count). The lowest BCUT2D eigenvalue weighted by Crippen LogP contribution is -2.56. The van der Waals surface area contributed by atoms with Crippen molar-refractivity contribution in [1.82, 2.24) is 4.90 Å². The lowest BCUT2D eigenvalue weighted by atomic mass is 9.76. The molecule has 1 unspecified atom stereocenters. The average molecular weight is 285 g/mol. The van der Waals surface area contributed by atoms with Gasteiger partial charge in [-0.25, -0.2) is 0 Å². The molecular weight excluding hydrogens is 262 g/mol. The van der Waals surface area contributed by atoms with E-state index in [0.717, 1.165) is 31.2 Å². The molecule has 1 fully saturated rings. The van der Waals surface area contributed by atoms with E-state index in [1.807, 2.05) is 6.07 Å². The number of hydrogen-bond acceptors (Lipinski definition) is 4. The Morgan fingerprint density at radius 2 is 2.10 bits per heavy atom. The van der Waals surface area contributed by atoms with Gasteiger partial charge in [-0.2, -0.15) is 0 Å². The summed E-state index contributed by atoms with van der Waals surface area (Å²) in [5.74, 6) is 2.47. The van der Waals surface area contributed by atoms with E-state index in [0.29, 0.717) is 5.96 Å². The molecule has 3 aliphatic rings. The fourth-order valence-electron chi connectivity index (χ4n) is 3.88. The van der Waals surface area contributed by atoms with Gasteiger partial charge >= 0.3 is 0 Å². The summed E-state index contributed by atoms with van der Waals surface area (Å²) < 4.78 is 6.19. The fraction of sp³-hybridized carbons (Fsp3) is 0.588. The van der Waals surface area contributed by atoms with Crippen molar-refractivity contribution < 1.29 is 4.74 Å². The third kappa shape index (κ3) is 2.00. The molecule has 1 aromatic carbocycles. The second-order valence-electron chi connectivity index (χ2n) is 7.29. The highest BCUT2D eigenvalue weighted by atomic mass is 16.5. The number of ether oxygens (including phenoxy) is 1. The molecule has 4 nitrogen and oxygen atoms in total. The maximum absolute atomic E-state index is 6.24. The normalized spacial score (nSPS) is 30.0. The molecule has 2 aliphatic heterocycles. The molecule has 1 aliphatic carbocycles. The van der Waals surface area contributed by atoms with Gasteiger partial charge in [0.05, 0.1) is 12.1 Å². The minimum absolute atomic E-state index is 0.120. The molecule has 0 saturated heterocycles. The van der Waals surface area contributed by atoms with Gasteiger partial charge in [-0.3, -0.25) is 4.99 Å². The van der Waals surface area contributed by atoms with Crippen molar-refractivity contribution in [3.63, 3.8) is 0 Å². The summed E-state index contributed by atoms with van der Waals surface area (Å²) in [6.45, 7) is 6.10. The van der Waals surface area contributed by atoms with E-state index in [1.165, 1.54) is 18.4 Å². The van der Waals surface area contributed by atoms with Crippen molar-refractivity contribution in [3.05, 3.63) is 29.8 Å². The van der Waals surface area contributed by atoms with Crippen LogP contribution in [0, 0.1) is 5.92 Å². The molecule has 2 heterocycles. The predicted molar refractivity (Wildman–Crippen MR) is 83.4 cm³/mol. The Bertz CT molecular complexity index is 606. The average Bonchev–Trinajstić information content (AvgIpc) is 3.19. The molecule has 4 heteroatoms. The number of aliphatic imine (C=N–C) groups is 1. The predicted octanol–water partition coefficient (Wildman–Crippen LogP) is 2.48. The molecule has 1 aromatic rings. The first kappa shape index (κ1) is 13.0. The number of benzene rings is 1. The molecule has 0 bridgehead atoms. The van der Waals surface area contributed by atoms with Crippen LogP contribution in [-0.2, 0) is 5.54 Å². The third-order valence-corrected chi connectivity index (χ3v) is 4.93. The Hall–Kier alpha value is -1.71. The van der Waals surface area contributed by atoms with E-state index in [4.69, 9.17) is 10.5 Å². The smallest absolute Gasteiger partial charge is 0.192 e. The van der Waals surface area contributed by atoms with Gasteiger partial charge in [0.25, 0.3) is 0 Å². The first-order valence-electron chi connectivity index (χ1n) is 7.86. The number of fused-ring (bicyclic) bond motifs is 2. The quantitative estimate of drug-likeness (QED) is 0.908. The van der Waals surface area contributed by atoms with Gasteiger partial charge < -0.3 is 15.4 Å². The Morgan fingerprint density at radius 3 is 2.86 bits per heavy atom. The minimum atomic E-state index is -0.198. The second kappa shape index (κ2) is 4.15. The highest BCUT2D eigenvalue weighted by molar-refractivity contribution is 5.82. The molecule has 2 N–H and O–H groups in total. The molecule has 0 aromatic heterocycles. The molecule has 1 saturated carbocycles. The number of rotatable bonds is 2. The zero-order valence-electron chi connectivity index (χ0n) is 12.8. The minimum Gasteiger partial charge on any atom is -0.487 e. The highest BCUT2D eigenvalue weighted by Crippen LogP contribution is 2.50. The lowest BCUT2D eigenvalue weighted by Gasteiger charge is -2.48. The Labute approximate surface area is 126 Å². The summed E-state index contributed by atoms with van der Waals surface area (Å²) in [6.07, 6.45) is 3.57. The molecule has 112 valence electrons. The monoisotopic (exact) mass is 285 g/mol. The van der Waals surface area contributed by atoms with E-state index >= 15 is 0 Å². The highest BCUT2D eigenvalue weighted by Gasteiger charge is 2.52. The summed E-state index contributed by atoms with van der Waals surface area (Å²) >= 11 is 0. The summed E-state index contributed by atoms with van der Waals surface area (Å²) in [5, 5.41) is 0. The van der Waals surface area contributed by atoms with Crippen molar-refractivity contribution in [3.8, 4) is 5.75 Å². The molecule has 0 radical (unpaired) electrons. The van der Waals surface area contributed by atoms with Crippen molar-refractivity contribution in [2.45, 2.75) is 44.2 Å². The summed E-state index contributed by atoms with van der Waals surface area (Å²) in [6, 6.07) is 8.38. The third-order valence-electron chi connectivity index (χ3n) is 4.93. The van der Waals surface area contributed by atoms with Gasteiger partial charge in [0, 0.05) is 18.5 Å². The van der Waals surface area contributed by atoms with Crippen LogP contribution in [0.4, 0.5) is 0 Å². The van der Waals surface area contributed by atoms with Crippen LogP contribution in [0.15, 0.2) is 29.3 Å². The first-order valence-corrected chi connectivity index (χ1v) is 7.86. The van der Waals surface area contributed by atoms with E-state index < -0.39 is 0 Å². The molecule has 21 heavy (non-hydrogen) atoms. The van der Waals surface area contributed by atoms with Crippen LogP contribution >= 0.6 is 0 Å². The van der Waals surface area contributed by atoms with Crippen molar-refractivity contribution in [2.24, 2.45) is 16.6 Å². The van der Waals surface area contributed by atoms with Gasteiger partial charge in [0.15, 0.2) is 5.96 Å². The Kier molecular flexibility index (Phi) is 2.57. The second-order valence-corrected chi connectivity index (χ2v) is 7.29. The first-order chi connectivity index (χ1) is 10.0. The summed E-state index contributed by atoms with van der Waals surface area (Å²) in [7, 11) is 0. The van der Waals surface area contributed by atoms with Crippen molar-refractivity contribution >= 4 is 5.96 Å². The van der Waals surface area contributed by atoms with Gasteiger partial charge in [-0.1, -0.05) is 18.2 Å². The maximum atomic E-state index is 6.24. The van der Waals surface area contributed by atoms with Crippen LogP contribution in [0.1, 0.15) is 38.7 Å². The fourth-order valence-corrected chi connectivity index (χ4v) is 3.88. The van der Waals surface area contributed by atoms with Gasteiger partial charge in [-0.05, 0) is 38.7 Å². The number of nitrogens with zero attached hydrogens (tertiary/aromatic N) is 2. The number of para-hydroxylation sites is 1. The maximum Gasteiger partial charge on any atom is 0.192 e. The number of guanidine groups is 1. The van der Waals surface area contributed by atoms with Gasteiger partial charge in [0.2, 0.25) is 0 Å². The van der Waals surface area contributed by atoms with Crippen molar-refractivity contribution in [1.29, 1.82) is 0 Å².